The summed E-state index contributed by atoms with van der Waals surface area (Å²) in [4.78, 5) is 0. The summed E-state index contributed by atoms with van der Waals surface area (Å²) >= 11 is 24.6. The lowest BCUT2D eigenvalue weighted by atomic mass is 9.83. The maximum atomic E-state index is 13.0. The Bertz CT molecular complexity index is 1210. The molecule has 0 spiro atoms. The molecule has 0 fully saturated rings. The van der Waals surface area contributed by atoms with Crippen molar-refractivity contribution in [3.8, 4) is 11.5 Å². The maximum Gasteiger partial charge on any atom is 0.283 e. The summed E-state index contributed by atoms with van der Waals surface area (Å²) in [5, 5.41) is 20.3. The Kier molecular flexibility index (Phi) is 5.98. The average molecular weight is 494 g/mol. The second kappa shape index (κ2) is 7.87. The summed E-state index contributed by atoms with van der Waals surface area (Å²) in [6.45, 7) is 0. The Hall–Kier alpha value is -1.67. The fraction of sp³-hybridized carbons (Fsp3) is 0.0526. The van der Waals surface area contributed by atoms with E-state index in [0.29, 0.717) is 0 Å². The van der Waals surface area contributed by atoms with Crippen molar-refractivity contribution in [3.63, 3.8) is 0 Å². The van der Waals surface area contributed by atoms with E-state index in [1.165, 1.54) is 30.3 Å². The molecule has 0 amide bonds. The van der Waals surface area contributed by atoms with Gasteiger partial charge in [0.15, 0.2) is 4.75 Å². The van der Waals surface area contributed by atoms with Gasteiger partial charge in [-0.25, -0.2) is 0 Å². The summed E-state index contributed by atoms with van der Waals surface area (Å²) in [7, 11) is -5.14. The van der Waals surface area contributed by atoms with Crippen molar-refractivity contribution in [1.82, 2.24) is 0 Å². The van der Waals surface area contributed by atoms with Gasteiger partial charge in [0, 0.05) is 32.8 Å². The molecule has 152 valence electrons. The summed E-state index contributed by atoms with van der Waals surface area (Å²) in [6, 6.07) is 11.5. The van der Waals surface area contributed by atoms with Crippen LogP contribution in [0.5, 0.6) is 11.5 Å². The van der Waals surface area contributed by atoms with Crippen LogP contribution in [0.15, 0.2) is 54.6 Å². The molecule has 5 nitrogen and oxygen atoms in total. The molecule has 0 heterocycles. The molecule has 0 saturated carbocycles. The van der Waals surface area contributed by atoms with Crippen LogP contribution in [0, 0.1) is 0 Å². The molecule has 3 aromatic carbocycles. The van der Waals surface area contributed by atoms with Crippen molar-refractivity contribution in [2.24, 2.45) is 0 Å². The van der Waals surface area contributed by atoms with E-state index in [0.717, 1.165) is 18.2 Å². The van der Waals surface area contributed by atoms with Gasteiger partial charge < -0.3 is 10.2 Å². The van der Waals surface area contributed by atoms with Crippen molar-refractivity contribution in [2.45, 2.75) is 4.75 Å². The Morgan fingerprint density at radius 2 is 1.28 bits per heavy atom. The first-order chi connectivity index (χ1) is 13.5. The highest BCUT2D eigenvalue weighted by molar-refractivity contribution is 7.87. The molecular formula is C19H12Cl4O5S. The van der Waals surface area contributed by atoms with Crippen LogP contribution < -0.4 is 0 Å². The van der Waals surface area contributed by atoms with Crippen LogP contribution in [0.1, 0.15) is 16.7 Å². The highest BCUT2D eigenvalue weighted by Gasteiger charge is 2.52. The smallest absolute Gasteiger partial charge is 0.283 e. The number of phenolic OH excluding ortho intramolecular Hbond substituents is 2. The standard InChI is InChI=1S/C19H12Cl4O5S/c20-14-4-2-1-3-11(14)19(29(26,27)28,12-7-10(24)5-6-15(12)21)13-8-16(22)17(23)9-18(13)25/h1-9,24-25H,(H,26,27,28). The SMILES string of the molecule is O=S(=O)(O)C(c1cc(Cl)c(Cl)cc1O)(c1ccccc1Cl)c1cc(O)ccc1Cl. The molecule has 0 radical (unpaired) electrons. The van der Waals surface area contributed by atoms with Gasteiger partial charge in [0.1, 0.15) is 11.5 Å². The van der Waals surface area contributed by atoms with Crippen LogP contribution in [0.2, 0.25) is 20.1 Å². The lowest BCUT2D eigenvalue weighted by Crippen LogP contribution is -2.39. The Morgan fingerprint density at radius 3 is 1.90 bits per heavy atom. The van der Waals surface area contributed by atoms with Gasteiger partial charge in [-0.05, 0) is 30.3 Å². The fourth-order valence-electron chi connectivity index (χ4n) is 3.20. The van der Waals surface area contributed by atoms with Crippen molar-refractivity contribution >= 4 is 56.5 Å². The number of rotatable bonds is 4. The number of hydrogen-bond donors (Lipinski definition) is 3. The lowest BCUT2D eigenvalue weighted by Gasteiger charge is -2.34. The molecule has 3 aromatic rings. The zero-order valence-corrected chi connectivity index (χ0v) is 18.1. The van der Waals surface area contributed by atoms with Crippen LogP contribution in [-0.2, 0) is 14.9 Å². The lowest BCUT2D eigenvalue weighted by molar-refractivity contribution is 0.439. The number of benzene rings is 3. The molecule has 29 heavy (non-hydrogen) atoms. The minimum atomic E-state index is -5.14. The van der Waals surface area contributed by atoms with E-state index in [2.05, 4.69) is 0 Å². The average Bonchev–Trinajstić information content (AvgIpc) is 2.63. The largest absolute Gasteiger partial charge is 0.508 e. The first-order valence-electron chi connectivity index (χ1n) is 7.89. The van der Waals surface area contributed by atoms with E-state index in [4.69, 9.17) is 46.4 Å². The third-order valence-electron chi connectivity index (χ3n) is 4.39. The quantitative estimate of drug-likeness (QED) is 0.311. The van der Waals surface area contributed by atoms with Crippen molar-refractivity contribution < 1.29 is 23.2 Å². The van der Waals surface area contributed by atoms with Gasteiger partial charge in [-0.3, -0.25) is 4.55 Å². The molecule has 0 aliphatic rings. The van der Waals surface area contributed by atoms with E-state index in [-0.39, 0.29) is 42.5 Å². The number of halogens is 4. The van der Waals surface area contributed by atoms with E-state index >= 15 is 0 Å². The van der Waals surface area contributed by atoms with E-state index in [9.17, 15) is 23.2 Å². The maximum absolute atomic E-state index is 13.0. The molecule has 1 atom stereocenters. The Labute approximate surface area is 186 Å². The normalized spacial score (nSPS) is 13.8. The van der Waals surface area contributed by atoms with Crippen molar-refractivity contribution in [1.29, 1.82) is 0 Å². The Balaban J connectivity index is 2.66. The van der Waals surface area contributed by atoms with E-state index in [1.807, 2.05) is 0 Å². The van der Waals surface area contributed by atoms with Gasteiger partial charge in [-0.2, -0.15) is 8.42 Å². The van der Waals surface area contributed by atoms with Crippen LogP contribution in [0.25, 0.3) is 0 Å². The third kappa shape index (κ3) is 3.65. The minimum Gasteiger partial charge on any atom is -0.508 e. The fourth-order valence-corrected chi connectivity index (χ4v) is 5.51. The van der Waals surface area contributed by atoms with Gasteiger partial charge in [-0.1, -0.05) is 64.6 Å². The Morgan fingerprint density at radius 1 is 0.690 bits per heavy atom. The molecule has 10 heteroatoms. The summed E-state index contributed by atoms with van der Waals surface area (Å²) in [5.41, 5.74) is -0.719. The molecule has 1 unspecified atom stereocenters. The molecule has 3 N–H and O–H groups in total. The zero-order valence-electron chi connectivity index (χ0n) is 14.3. The molecular weight excluding hydrogens is 482 g/mol. The van der Waals surface area contributed by atoms with Gasteiger partial charge in [0.2, 0.25) is 0 Å². The molecule has 0 aliphatic heterocycles. The second-order valence-electron chi connectivity index (χ2n) is 6.08. The summed E-state index contributed by atoms with van der Waals surface area (Å²) in [5.74, 6) is -0.916. The van der Waals surface area contributed by atoms with Crippen LogP contribution in [-0.4, -0.2) is 23.2 Å². The monoisotopic (exact) mass is 492 g/mol. The zero-order chi connectivity index (χ0) is 21.6. The number of phenols is 2. The third-order valence-corrected chi connectivity index (χ3v) is 7.20. The van der Waals surface area contributed by atoms with Gasteiger partial charge in [0.05, 0.1) is 10.0 Å². The van der Waals surface area contributed by atoms with Crippen LogP contribution in [0.4, 0.5) is 0 Å². The van der Waals surface area contributed by atoms with Crippen LogP contribution >= 0.6 is 46.4 Å². The first kappa shape index (κ1) is 22.0. The highest BCUT2D eigenvalue weighted by Crippen LogP contribution is 2.52. The van der Waals surface area contributed by atoms with E-state index < -0.39 is 20.6 Å². The second-order valence-corrected chi connectivity index (χ2v) is 9.28. The molecule has 0 bridgehead atoms. The first-order valence-corrected chi connectivity index (χ1v) is 10.8. The van der Waals surface area contributed by atoms with Crippen LogP contribution in [0.3, 0.4) is 0 Å². The summed E-state index contributed by atoms with van der Waals surface area (Å²) in [6.07, 6.45) is 0. The van der Waals surface area contributed by atoms with Gasteiger partial charge in [0.25, 0.3) is 10.1 Å². The molecule has 0 aromatic heterocycles. The van der Waals surface area contributed by atoms with Gasteiger partial charge >= 0.3 is 0 Å². The number of hydrogen-bond acceptors (Lipinski definition) is 4. The van der Waals surface area contributed by atoms with Crippen molar-refractivity contribution in [2.75, 3.05) is 0 Å². The topological polar surface area (TPSA) is 94.8 Å². The minimum absolute atomic E-state index is 0.0432. The molecule has 0 saturated heterocycles. The predicted octanol–water partition coefficient (Wildman–Crippen LogP) is 5.89. The van der Waals surface area contributed by atoms with Crippen molar-refractivity contribution in [3.05, 3.63) is 91.4 Å². The molecule has 0 aliphatic carbocycles. The highest BCUT2D eigenvalue weighted by atomic mass is 35.5. The van der Waals surface area contributed by atoms with Gasteiger partial charge in [-0.15, -0.1) is 0 Å². The number of aromatic hydroxyl groups is 2. The predicted molar refractivity (Wildman–Crippen MR) is 114 cm³/mol. The van der Waals surface area contributed by atoms with E-state index in [1.54, 1.807) is 6.07 Å². The molecule has 3 rings (SSSR count). The summed E-state index contributed by atoms with van der Waals surface area (Å²) < 4.78 is 33.9.